The number of pyridine rings is 1. The third-order valence-corrected chi connectivity index (χ3v) is 6.34. The van der Waals surface area contributed by atoms with Crippen LogP contribution in [0.1, 0.15) is 26.5 Å². The van der Waals surface area contributed by atoms with E-state index in [0.717, 1.165) is 28.8 Å². The number of ether oxygens (including phenoxy) is 1. The summed E-state index contributed by atoms with van der Waals surface area (Å²) in [5.41, 5.74) is 2.78. The summed E-state index contributed by atoms with van der Waals surface area (Å²) in [7, 11) is 12.1. The molecule has 0 spiro atoms. The van der Waals surface area contributed by atoms with Crippen LogP contribution in [0.25, 0.3) is 22.0 Å². The molecule has 0 amide bonds. The van der Waals surface area contributed by atoms with Crippen LogP contribution >= 0.6 is 10.0 Å². The van der Waals surface area contributed by atoms with E-state index in [1.807, 2.05) is 12.3 Å². The van der Waals surface area contributed by atoms with E-state index < -0.39 is 15.6 Å². The minimum Gasteiger partial charge on any atom is -0.378 e. The van der Waals surface area contributed by atoms with E-state index in [4.69, 9.17) is 20.4 Å². The van der Waals surface area contributed by atoms with Crippen molar-refractivity contribution in [3.63, 3.8) is 0 Å². The molecule has 0 aliphatic rings. The fourth-order valence-electron chi connectivity index (χ4n) is 3.26. The van der Waals surface area contributed by atoms with E-state index in [1.165, 1.54) is 0 Å². The summed E-state index contributed by atoms with van der Waals surface area (Å²) in [6, 6.07) is 1.90. The minimum atomic E-state index is -1.10. The highest BCUT2D eigenvalue weighted by Crippen LogP contribution is 2.33. The molecule has 4 radical (unpaired) electrons. The summed E-state index contributed by atoms with van der Waals surface area (Å²) in [6.45, 7) is 7.00. The van der Waals surface area contributed by atoms with Crippen LogP contribution in [0.5, 0.6) is 0 Å². The number of fused-ring (bicyclic) bond motifs is 1. The number of nitrogens with zero attached hydrogens (tertiary/aromatic N) is 4. The summed E-state index contributed by atoms with van der Waals surface area (Å²) in [5, 5.41) is 15.3. The second kappa shape index (κ2) is 9.38. The molecule has 3 rings (SSSR count). The van der Waals surface area contributed by atoms with Crippen LogP contribution in [0.3, 0.4) is 0 Å². The van der Waals surface area contributed by atoms with Gasteiger partial charge in [0.25, 0.3) is 0 Å². The first-order valence-electron chi connectivity index (χ1n) is 10.5. The van der Waals surface area contributed by atoms with E-state index in [-0.39, 0.29) is 6.73 Å². The lowest BCUT2D eigenvalue weighted by molar-refractivity contribution is 0.0835. The molecule has 0 aliphatic heterocycles. The van der Waals surface area contributed by atoms with Gasteiger partial charge in [0.2, 0.25) is 0 Å². The average Bonchev–Trinajstić information content (AvgIpc) is 3.18. The van der Waals surface area contributed by atoms with Gasteiger partial charge in [-0.3, -0.25) is 4.68 Å². The predicted octanol–water partition coefficient (Wildman–Crippen LogP) is 1.30. The van der Waals surface area contributed by atoms with Gasteiger partial charge in [-0.2, -0.15) is 5.10 Å². The van der Waals surface area contributed by atoms with Gasteiger partial charge < -0.3 is 14.4 Å². The van der Waals surface area contributed by atoms with Crippen molar-refractivity contribution >= 4 is 47.8 Å². The van der Waals surface area contributed by atoms with Gasteiger partial charge in [0, 0.05) is 40.6 Å². The van der Waals surface area contributed by atoms with Gasteiger partial charge in [-0.1, -0.05) is 5.92 Å². The maximum Gasteiger partial charge on any atom is 0.145 e. The smallest absolute Gasteiger partial charge is 0.145 e. The van der Waals surface area contributed by atoms with E-state index in [9.17, 15) is 5.11 Å². The summed E-state index contributed by atoms with van der Waals surface area (Å²) in [6.07, 6.45) is 10.6. The molecule has 32 heavy (non-hydrogen) atoms. The first kappa shape index (κ1) is 24.5. The Morgan fingerprint density at radius 3 is 2.59 bits per heavy atom. The Bertz CT molecular complexity index is 1180. The molecule has 1 N–H and O–H groups in total. The van der Waals surface area contributed by atoms with Gasteiger partial charge in [-0.25, -0.2) is 15.0 Å². The lowest BCUT2D eigenvalue weighted by atomic mass is 9.87. The summed E-state index contributed by atoms with van der Waals surface area (Å²) in [4.78, 5) is 4.44. The molecule has 0 saturated heterocycles. The van der Waals surface area contributed by atoms with Crippen molar-refractivity contribution in [3.8, 4) is 23.0 Å². The molecule has 0 aliphatic carbocycles. The Morgan fingerprint density at radius 1 is 1.25 bits per heavy atom. The summed E-state index contributed by atoms with van der Waals surface area (Å²) >= 11 is 0. The zero-order valence-electron chi connectivity index (χ0n) is 19.8. The van der Waals surface area contributed by atoms with Gasteiger partial charge in [0.05, 0.1) is 18.3 Å². The van der Waals surface area contributed by atoms with Crippen molar-refractivity contribution < 1.29 is 9.84 Å². The van der Waals surface area contributed by atoms with Gasteiger partial charge in [0.15, 0.2) is 0 Å². The molecule has 9 heteroatoms. The van der Waals surface area contributed by atoms with Gasteiger partial charge in [0.1, 0.15) is 33.7 Å². The van der Waals surface area contributed by atoms with Crippen molar-refractivity contribution in [2.75, 3.05) is 31.1 Å². The largest absolute Gasteiger partial charge is 0.378 e. The number of hydrogen-bond donors (Lipinski definition) is 1. The molecule has 3 aromatic heterocycles. The Labute approximate surface area is 194 Å². The first-order valence-corrected chi connectivity index (χ1v) is 13.5. The fourth-order valence-corrected chi connectivity index (χ4v) is 3.88. The molecule has 0 aromatic carbocycles. The Hall–Kier alpha value is -2.14. The molecule has 0 atom stereocenters. The second-order valence-corrected chi connectivity index (χ2v) is 13.8. The zero-order valence-corrected chi connectivity index (χ0v) is 20.6. The molecular formula is C23H30B2N4O2S. The topological polar surface area (TPSA) is 65.1 Å². The van der Waals surface area contributed by atoms with Crippen LogP contribution in [-0.4, -0.2) is 76.9 Å². The molecular weight excluding hydrogens is 418 g/mol. The second-order valence-electron chi connectivity index (χ2n) is 9.20. The van der Waals surface area contributed by atoms with Crippen LogP contribution in [-0.2, 0) is 18.0 Å². The third-order valence-electron chi connectivity index (χ3n) is 4.95. The normalized spacial score (nSPS) is 12.7. The highest BCUT2D eigenvalue weighted by molar-refractivity contribution is 8.32. The van der Waals surface area contributed by atoms with Crippen molar-refractivity contribution in [1.82, 2.24) is 19.3 Å². The molecule has 0 saturated carbocycles. The van der Waals surface area contributed by atoms with Crippen molar-refractivity contribution in [2.24, 2.45) is 0 Å². The quantitative estimate of drug-likeness (QED) is 0.336. The Morgan fingerprint density at radius 2 is 1.97 bits per heavy atom. The SMILES string of the molecule is [B]c1nn(COCCS(C)(C)C)c([B])c1-c1cn(CC)c2cnc(C#CC(C)(C)O)cc12. The van der Waals surface area contributed by atoms with Crippen LogP contribution in [0.15, 0.2) is 18.5 Å². The molecule has 166 valence electrons. The first-order chi connectivity index (χ1) is 14.9. The molecule has 0 bridgehead atoms. The predicted molar refractivity (Wildman–Crippen MR) is 137 cm³/mol. The lowest BCUT2D eigenvalue weighted by Gasteiger charge is -2.24. The lowest BCUT2D eigenvalue weighted by Crippen LogP contribution is -2.22. The van der Waals surface area contributed by atoms with Gasteiger partial charge >= 0.3 is 0 Å². The van der Waals surface area contributed by atoms with E-state index in [2.05, 4.69) is 52.2 Å². The highest BCUT2D eigenvalue weighted by Gasteiger charge is 2.18. The van der Waals surface area contributed by atoms with Crippen molar-refractivity contribution in [2.45, 2.75) is 39.6 Å². The number of aromatic nitrogens is 4. The van der Waals surface area contributed by atoms with E-state index >= 15 is 0 Å². The van der Waals surface area contributed by atoms with Crippen LogP contribution in [0.2, 0.25) is 0 Å². The van der Waals surface area contributed by atoms with Crippen LogP contribution < -0.4 is 11.2 Å². The molecule has 0 unspecified atom stereocenters. The van der Waals surface area contributed by atoms with Crippen molar-refractivity contribution in [1.29, 1.82) is 0 Å². The number of aliphatic hydroxyl groups is 1. The van der Waals surface area contributed by atoms with Gasteiger partial charge in [-0.05, 0) is 57.1 Å². The average molecular weight is 448 g/mol. The molecule has 3 heterocycles. The summed E-state index contributed by atoms with van der Waals surface area (Å²) in [5.74, 6) is 6.76. The monoisotopic (exact) mass is 448 g/mol. The van der Waals surface area contributed by atoms with Crippen LogP contribution in [0.4, 0.5) is 0 Å². The number of hydrogen-bond acceptors (Lipinski definition) is 4. The fraction of sp³-hybridized carbons (Fsp3) is 0.478. The Balaban J connectivity index is 1.99. The molecule has 0 fully saturated rings. The number of rotatable bonds is 7. The number of aryl methyl sites for hydroxylation is 1. The zero-order chi connectivity index (χ0) is 23.7. The minimum absolute atomic E-state index is 0.252. The Kier molecular flexibility index (Phi) is 7.18. The van der Waals surface area contributed by atoms with Crippen molar-refractivity contribution in [3.05, 3.63) is 24.2 Å². The highest BCUT2D eigenvalue weighted by atomic mass is 32.3. The van der Waals surface area contributed by atoms with Crippen LogP contribution in [0, 0.1) is 11.8 Å². The van der Waals surface area contributed by atoms with E-state index in [1.54, 1.807) is 24.7 Å². The molecule has 3 aromatic rings. The maximum absolute atomic E-state index is 9.92. The van der Waals surface area contributed by atoms with Gasteiger partial charge in [-0.15, -0.1) is 0 Å². The summed E-state index contributed by atoms with van der Waals surface area (Å²) < 4.78 is 9.50. The standard InChI is InChI=1S/C23H30B2N4O2S/c1-7-28-14-18(17-12-16(26-13-19(17)28)8-9-23(2,3)30)20-21(24)27-29(22(20)25)15-31-10-11-32(4,5)6/h12-14,30H,7,10-11,15H2,1-6H3. The third kappa shape index (κ3) is 5.80. The van der Waals surface area contributed by atoms with E-state index in [0.29, 0.717) is 29.1 Å². The molecule has 6 nitrogen and oxygen atoms in total. The maximum atomic E-state index is 9.92.